The third-order valence-electron chi connectivity index (χ3n) is 3.25. The van der Waals surface area contributed by atoms with Crippen molar-refractivity contribution in [2.45, 2.75) is 19.4 Å². The lowest BCUT2D eigenvalue weighted by Crippen LogP contribution is -2.31. The van der Waals surface area contributed by atoms with E-state index in [1.54, 1.807) is 12.1 Å². The van der Waals surface area contributed by atoms with Crippen LogP contribution in [0.2, 0.25) is 0 Å². The van der Waals surface area contributed by atoms with E-state index in [0.717, 1.165) is 11.1 Å². The number of amides is 1. The number of rotatable bonds is 6. The van der Waals surface area contributed by atoms with Crippen LogP contribution in [0.3, 0.4) is 0 Å². The highest BCUT2D eigenvalue weighted by Gasteiger charge is 2.09. The van der Waals surface area contributed by atoms with Gasteiger partial charge < -0.3 is 10.1 Å². The van der Waals surface area contributed by atoms with Gasteiger partial charge in [-0.05, 0) is 30.2 Å². The Morgan fingerprint density at radius 1 is 1.18 bits per heavy atom. The zero-order chi connectivity index (χ0) is 15.8. The first-order chi connectivity index (χ1) is 10.7. The van der Waals surface area contributed by atoms with Crippen molar-refractivity contribution >= 4 is 5.91 Å². The molecule has 0 aliphatic heterocycles. The molecule has 0 aromatic heterocycles. The van der Waals surface area contributed by atoms with Crippen molar-refractivity contribution in [2.75, 3.05) is 6.61 Å². The molecule has 4 nitrogen and oxygen atoms in total. The summed E-state index contributed by atoms with van der Waals surface area (Å²) >= 11 is 0. The smallest absolute Gasteiger partial charge is 0.258 e. The summed E-state index contributed by atoms with van der Waals surface area (Å²) < 4.78 is 5.44. The topological polar surface area (TPSA) is 62.1 Å². The van der Waals surface area contributed by atoms with Crippen LogP contribution in [0.5, 0.6) is 5.75 Å². The molecule has 0 saturated heterocycles. The fraction of sp³-hybridized carbons (Fsp3) is 0.222. The number of hydrogen-bond acceptors (Lipinski definition) is 3. The molecule has 2 rings (SSSR count). The molecule has 22 heavy (non-hydrogen) atoms. The molecular weight excluding hydrogens is 276 g/mol. The Kier molecular flexibility index (Phi) is 5.56. The van der Waals surface area contributed by atoms with Crippen molar-refractivity contribution in [3.63, 3.8) is 0 Å². The number of benzene rings is 2. The number of nitrogens with one attached hydrogen (secondary N) is 1. The van der Waals surface area contributed by atoms with E-state index in [-0.39, 0.29) is 18.6 Å². The van der Waals surface area contributed by atoms with E-state index in [0.29, 0.717) is 12.2 Å². The average Bonchev–Trinajstić information content (AvgIpc) is 2.55. The van der Waals surface area contributed by atoms with Crippen LogP contribution in [0, 0.1) is 11.3 Å². The van der Waals surface area contributed by atoms with Crippen molar-refractivity contribution in [1.29, 1.82) is 5.26 Å². The number of nitrogens with zero attached hydrogens (tertiary/aromatic N) is 1. The molecule has 0 aliphatic carbocycles. The molecule has 0 radical (unpaired) electrons. The maximum absolute atomic E-state index is 11.9. The molecule has 1 amide bonds. The minimum atomic E-state index is -0.169. The average molecular weight is 294 g/mol. The number of carbonyl (C=O) groups excluding carboxylic acids is 1. The maximum Gasteiger partial charge on any atom is 0.258 e. The second-order valence-electron chi connectivity index (χ2n) is 4.97. The highest BCUT2D eigenvalue weighted by Crippen LogP contribution is 2.13. The monoisotopic (exact) mass is 294 g/mol. The molecule has 4 heteroatoms. The number of carbonyl (C=O) groups is 1. The molecule has 0 saturated carbocycles. The zero-order valence-electron chi connectivity index (χ0n) is 12.5. The van der Waals surface area contributed by atoms with Crippen LogP contribution in [0.15, 0.2) is 54.6 Å². The van der Waals surface area contributed by atoms with Gasteiger partial charge in [-0.3, -0.25) is 4.79 Å². The van der Waals surface area contributed by atoms with E-state index in [4.69, 9.17) is 10.00 Å². The Morgan fingerprint density at radius 2 is 1.86 bits per heavy atom. The van der Waals surface area contributed by atoms with Gasteiger partial charge in [0.15, 0.2) is 6.61 Å². The van der Waals surface area contributed by atoms with E-state index in [2.05, 4.69) is 11.4 Å². The highest BCUT2D eigenvalue weighted by molar-refractivity contribution is 5.78. The minimum Gasteiger partial charge on any atom is -0.484 e. The Bertz CT molecular complexity index is 645. The summed E-state index contributed by atoms with van der Waals surface area (Å²) in [6.07, 6.45) is 0.370. The van der Waals surface area contributed by atoms with E-state index >= 15 is 0 Å². The zero-order valence-corrected chi connectivity index (χ0v) is 12.5. The van der Waals surface area contributed by atoms with E-state index in [9.17, 15) is 4.79 Å². The molecule has 2 aromatic rings. The largest absolute Gasteiger partial charge is 0.484 e. The summed E-state index contributed by atoms with van der Waals surface area (Å²) in [6.45, 7) is 1.90. The van der Waals surface area contributed by atoms with Gasteiger partial charge in [0.1, 0.15) is 5.75 Å². The summed E-state index contributed by atoms with van der Waals surface area (Å²) in [6, 6.07) is 19.0. The van der Waals surface area contributed by atoms with Gasteiger partial charge in [0.2, 0.25) is 0 Å². The van der Waals surface area contributed by atoms with Gasteiger partial charge in [-0.1, -0.05) is 42.5 Å². The molecule has 112 valence electrons. The predicted molar refractivity (Wildman–Crippen MR) is 84.3 cm³/mol. The van der Waals surface area contributed by atoms with Crippen molar-refractivity contribution in [1.82, 2.24) is 5.32 Å². The lowest BCUT2D eigenvalue weighted by Gasteiger charge is -2.14. The van der Waals surface area contributed by atoms with Crippen LogP contribution in [0.4, 0.5) is 0 Å². The third kappa shape index (κ3) is 4.64. The van der Waals surface area contributed by atoms with Crippen molar-refractivity contribution < 1.29 is 9.53 Å². The molecule has 1 N–H and O–H groups in total. The van der Waals surface area contributed by atoms with Gasteiger partial charge in [-0.2, -0.15) is 5.26 Å². The normalized spacial score (nSPS) is 11.3. The molecule has 1 atom stereocenters. The number of hydrogen-bond donors (Lipinski definition) is 1. The first kappa shape index (κ1) is 15.6. The first-order valence-electron chi connectivity index (χ1n) is 7.12. The molecule has 0 heterocycles. The summed E-state index contributed by atoms with van der Waals surface area (Å²) in [4.78, 5) is 11.9. The molecule has 0 spiro atoms. The van der Waals surface area contributed by atoms with Crippen LogP contribution in [0.25, 0.3) is 0 Å². The Morgan fingerprint density at radius 3 is 2.50 bits per heavy atom. The van der Waals surface area contributed by atoms with Gasteiger partial charge in [0, 0.05) is 0 Å². The van der Waals surface area contributed by atoms with Gasteiger partial charge >= 0.3 is 0 Å². The van der Waals surface area contributed by atoms with Crippen LogP contribution >= 0.6 is 0 Å². The lowest BCUT2D eigenvalue weighted by molar-refractivity contribution is -0.123. The van der Waals surface area contributed by atoms with Gasteiger partial charge in [-0.15, -0.1) is 0 Å². The van der Waals surface area contributed by atoms with Crippen LogP contribution < -0.4 is 10.1 Å². The van der Waals surface area contributed by atoms with E-state index < -0.39 is 0 Å². The molecular formula is C18H18N2O2. The van der Waals surface area contributed by atoms with Crippen LogP contribution in [-0.2, 0) is 11.2 Å². The fourth-order valence-electron chi connectivity index (χ4n) is 2.05. The molecule has 0 bridgehead atoms. The highest BCUT2D eigenvalue weighted by atomic mass is 16.5. The Hall–Kier alpha value is -2.80. The minimum absolute atomic E-state index is 0.0330. The fourth-order valence-corrected chi connectivity index (χ4v) is 2.05. The number of nitriles is 1. The quantitative estimate of drug-likeness (QED) is 0.890. The maximum atomic E-state index is 11.9. The second kappa shape index (κ2) is 7.84. The Balaban J connectivity index is 1.81. The Labute approximate surface area is 130 Å². The predicted octanol–water partition coefficient (Wildman–Crippen LogP) is 3.01. The molecule has 0 fully saturated rings. The van der Waals surface area contributed by atoms with Crippen LogP contribution in [0.1, 0.15) is 24.1 Å². The molecule has 1 unspecified atom stereocenters. The van der Waals surface area contributed by atoms with Gasteiger partial charge in [0.05, 0.1) is 18.5 Å². The van der Waals surface area contributed by atoms with Gasteiger partial charge in [-0.25, -0.2) is 0 Å². The van der Waals surface area contributed by atoms with Crippen LogP contribution in [-0.4, -0.2) is 12.5 Å². The standard InChI is InChI=1S/C18H18N2O2/c1-14(16-5-3-2-4-6-16)20-18(21)13-22-17-9-7-15(8-10-17)11-12-19/h2-10,14H,11,13H2,1H3,(H,20,21). The second-order valence-corrected chi connectivity index (χ2v) is 4.97. The number of ether oxygens (including phenoxy) is 1. The SMILES string of the molecule is CC(NC(=O)COc1ccc(CC#N)cc1)c1ccccc1. The molecule has 2 aromatic carbocycles. The first-order valence-corrected chi connectivity index (χ1v) is 7.12. The van der Waals surface area contributed by atoms with Crippen molar-refractivity contribution in [2.24, 2.45) is 0 Å². The summed E-state index contributed by atoms with van der Waals surface area (Å²) in [5, 5.41) is 11.5. The lowest BCUT2D eigenvalue weighted by atomic mass is 10.1. The summed E-state index contributed by atoms with van der Waals surface area (Å²) in [5.41, 5.74) is 1.98. The van der Waals surface area contributed by atoms with Crippen molar-refractivity contribution in [3.8, 4) is 11.8 Å². The molecule has 0 aliphatic rings. The summed E-state index contributed by atoms with van der Waals surface area (Å²) in [7, 11) is 0. The summed E-state index contributed by atoms with van der Waals surface area (Å²) in [5.74, 6) is 0.446. The third-order valence-corrected chi connectivity index (χ3v) is 3.25. The van der Waals surface area contributed by atoms with E-state index in [1.807, 2.05) is 49.4 Å². The van der Waals surface area contributed by atoms with Crippen molar-refractivity contribution in [3.05, 3.63) is 65.7 Å². The van der Waals surface area contributed by atoms with Gasteiger partial charge in [0.25, 0.3) is 5.91 Å². The van der Waals surface area contributed by atoms with E-state index in [1.165, 1.54) is 0 Å².